The molecule has 0 spiro atoms. The SMILES string of the molecule is CCN(C)CC1=C(O)C=CC(C)(C(C)(C)C)C=C1. The summed E-state index contributed by atoms with van der Waals surface area (Å²) < 4.78 is 0. The lowest BCUT2D eigenvalue weighted by molar-refractivity contribution is 0.228. The van der Waals surface area contributed by atoms with Gasteiger partial charge in [-0.2, -0.15) is 0 Å². The summed E-state index contributed by atoms with van der Waals surface area (Å²) in [4.78, 5) is 2.18. The maximum atomic E-state index is 10.1. The number of aliphatic hydroxyl groups excluding tert-OH is 1. The molecule has 1 unspecified atom stereocenters. The van der Waals surface area contributed by atoms with Crippen molar-refractivity contribution in [1.29, 1.82) is 0 Å². The first-order valence-electron chi connectivity index (χ1n) is 6.69. The maximum Gasteiger partial charge on any atom is 0.119 e. The second kappa shape index (κ2) is 5.31. The van der Waals surface area contributed by atoms with Crippen molar-refractivity contribution in [3.63, 3.8) is 0 Å². The Morgan fingerprint density at radius 3 is 2.28 bits per heavy atom. The normalized spacial score (nSPS) is 24.8. The first kappa shape index (κ1) is 15.0. The summed E-state index contributed by atoms with van der Waals surface area (Å²) in [5.74, 6) is 0.388. The molecule has 1 aliphatic carbocycles. The summed E-state index contributed by atoms with van der Waals surface area (Å²) >= 11 is 0. The zero-order chi connectivity index (χ0) is 14.0. The van der Waals surface area contributed by atoms with E-state index in [-0.39, 0.29) is 10.8 Å². The van der Waals surface area contributed by atoms with Crippen molar-refractivity contribution in [2.24, 2.45) is 10.8 Å². The molecule has 18 heavy (non-hydrogen) atoms. The van der Waals surface area contributed by atoms with Crippen LogP contribution < -0.4 is 0 Å². The van der Waals surface area contributed by atoms with Crippen molar-refractivity contribution in [3.05, 3.63) is 35.6 Å². The van der Waals surface area contributed by atoms with Crippen LogP contribution in [0.3, 0.4) is 0 Å². The highest BCUT2D eigenvalue weighted by Crippen LogP contribution is 2.42. The number of hydrogen-bond donors (Lipinski definition) is 1. The van der Waals surface area contributed by atoms with E-state index >= 15 is 0 Å². The highest BCUT2D eigenvalue weighted by molar-refractivity contribution is 5.36. The van der Waals surface area contributed by atoms with E-state index < -0.39 is 0 Å². The van der Waals surface area contributed by atoms with Crippen molar-refractivity contribution in [2.45, 2.75) is 34.6 Å². The summed E-state index contributed by atoms with van der Waals surface area (Å²) in [6, 6.07) is 0. The lowest BCUT2D eigenvalue weighted by atomic mass is 9.68. The molecule has 0 bridgehead atoms. The number of hydrogen-bond acceptors (Lipinski definition) is 2. The van der Waals surface area contributed by atoms with E-state index in [0.29, 0.717) is 5.76 Å². The van der Waals surface area contributed by atoms with E-state index in [2.05, 4.69) is 64.8 Å². The Morgan fingerprint density at radius 1 is 1.22 bits per heavy atom. The van der Waals surface area contributed by atoms with E-state index in [0.717, 1.165) is 18.7 Å². The van der Waals surface area contributed by atoms with Crippen LogP contribution in [0.25, 0.3) is 0 Å². The Morgan fingerprint density at radius 2 is 1.78 bits per heavy atom. The van der Waals surface area contributed by atoms with Gasteiger partial charge in [0.1, 0.15) is 5.76 Å². The molecular formula is C16H27NO. The first-order valence-corrected chi connectivity index (χ1v) is 6.69. The third-order valence-corrected chi connectivity index (χ3v) is 4.14. The summed E-state index contributed by atoms with van der Waals surface area (Å²) in [6.45, 7) is 12.8. The average Bonchev–Trinajstić information content (AvgIpc) is 2.42. The van der Waals surface area contributed by atoms with Crippen LogP contribution >= 0.6 is 0 Å². The molecule has 0 amide bonds. The fourth-order valence-electron chi connectivity index (χ4n) is 1.81. The van der Waals surface area contributed by atoms with Gasteiger partial charge in [0.2, 0.25) is 0 Å². The standard InChI is InChI=1S/C16H27NO/c1-7-17(6)12-13-8-10-16(5,15(2,3)4)11-9-14(13)18/h8-11,18H,7,12H2,1-6H3. The molecule has 0 aromatic rings. The summed E-state index contributed by atoms with van der Waals surface area (Å²) in [6.07, 6.45) is 8.25. The molecule has 0 radical (unpaired) electrons. The molecule has 1 aliphatic rings. The number of rotatable bonds is 3. The van der Waals surface area contributed by atoms with E-state index in [9.17, 15) is 5.11 Å². The van der Waals surface area contributed by atoms with Crippen molar-refractivity contribution >= 4 is 0 Å². The third kappa shape index (κ3) is 3.26. The minimum atomic E-state index is -0.0342. The smallest absolute Gasteiger partial charge is 0.119 e. The van der Waals surface area contributed by atoms with Crippen molar-refractivity contribution in [1.82, 2.24) is 4.90 Å². The van der Waals surface area contributed by atoms with Gasteiger partial charge < -0.3 is 10.0 Å². The first-order chi connectivity index (χ1) is 8.19. The van der Waals surface area contributed by atoms with Gasteiger partial charge >= 0.3 is 0 Å². The van der Waals surface area contributed by atoms with Gasteiger partial charge in [0, 0.05) is 17.5 Å². The van der Waals surface area contributed by atoms with Gasteiger partial charge in [0.15, 0.2) is 0 Å². The second-order valence-corrected chi connectivity index (χ2v) is 6.44. The predicted octanol–water partition coefficient (Wildman–Crippen LogP) is 3.93. The molecule has 0 saturated carbocycles. The van der Waals surface area contributed by atoms with Gasteiger partial charge in [0.25, 0.3) is 0 Å². The molecule has 0 fully saturated rings. The topological polar surface area (TPSA) is 23.5 Å². The highest BCUT2D eigenvalue weighted by atomic mass is 16.3. The molecule has 102 valence electrons. The molecular weight excluding hydrogens is 222 g/mol. The minimum Gasteiger partial charge on any atom is -0.508 e. The average molecular weight is 249 g/mol. The Bertz CT molecular complexity index is 384. The summed E-state index contributed by atoms with van der Waals surface area (Å²) in [5.41, 5.74) is 1.09. The zero-order valence-corrected chi connectivity index (χ0v) is 12.6. The van der Waals surface area contributed by atoms with Crippen molar-refractivity contribution < 1.29 is 5.11 Å². The van der Waals surface area contributed by atoms with Crippen LogP contribution in [0, 0.1) is 10.8 Å². The quantitative estimate of drug-likeness (QED) is 0.819. The Labute approximate surface area is 112 Å². The fraction of sp³-hybridized carbons (Fsp3) is 0.625. The Hall–Kier alpha value is -1.02. The Kier molecular flexibility index (Phi) is 4.44. The molecule has 0 aromatic carbocycles. The van der Waals surface area contributed by atoms with Gasteiger partial charge in [-0.3, -0.25) is 0 Å². The van der Waals surface area contributed by atoms with Gasteiger partial charge in [-0.05, 0) is 25.1 Å². The van der Waals surface area contributed by atoms with Crippen LogP contribution in [0.1, 0.15) is 34.6 Å². The lowest BCUT2D eigenvalue weighted by Gasteiger charge is -2.37. The molecule has 0 aromatic heterocycles. The molecule has 2 nitrogen and oxygen atoms in total. The molecule has 0 aliphatic heterocycles. The van der Waals surface area contributed by atoms with Crippen LogP contribution in [0.15, 0.2) is 35.6 Å². The van der Waals surface area contributed by atoms with Crippen LogP contribution in [-0.2, 0) is 0 Å². The Balaban J connectivity index is 3.00. The third-order valence-electron chi connectivity index (χ3n) is 4.14. The largest absolute Gasteiger partial charge is 0.508 e. The number of aliphatic hydroxyl groups is 1. The van der Waals surface area contributed by atoms with Crippen LogP contribution in [0.5, 0.6) is 0 Å². The predicted molar refractivity (Wildman–Crippen MR) is 78.7 cm³/mol. The van der Waals surface area contributed by atoms with E-state index in [1.54, 1.807) is 0 Å². The van der Waals surface area contributed by atoms with Crippen LogP contribution in [0.4, 0.5) is 0 Å². The second-order valence-electron chi connectivity index (χ2n) is 6.44. The monoisotopic (exact) mass is 249 g/mol. The van der Waals surface area contributed by atoms with Gasteiger partial charge in [-0.1, -0.05) is 52.8 Å². The van der Waals surface area contributed by atoms with Crippen LogP contribution in [0.2, 0.25) is 0 Å². The maximum absolute atomic E-state index is 10.1. The van der Waals surface area contributed by atoms with E-state index in [4.69, 9.17) is 0 Å². The number of nitrogens with zero attached hydrogens (tertiary/aromatic N) is 1. The summed E-state index contributed by atoms with van der Waals surface area (Å²) in [7, 11) is 2.06. The lowest BCUT2D eigenvalue weighted by Crippen LogP contribution is -2.28. The number of allylic oxidation sites excluding steroid dienone is 3. The van der Waals surface area contributed by atoms with Gasteiger partial charge in [0.05, 0.1) is 0 Å². The number of likely N-dealkylation sites (N-methyl/N-ethyl adjacent to an activating group) is 1. The fourth-order valence-corrected chi connectivity index (χ4v) is 1.81. The molecule has 1 atom stereocenters. The molecule has 0 saturated heterocycles. The van der Waals surface area contributed by atoms with Gasteiger partial charge in [-0.15, -0.1) is 0 Å². The van der Waals surface area contributed by atoms with E-state index in [1.165, 1.54) is 0 Å². The molecule has 1 rings (SSSR count). The van der Waals surface area contributed by atoms with E-state index in [1.807, 2.05) is 6.08 Å². The summed E-state index contributed by atoms with van der Waals surface area (Å²) in [5, 5.41) is 10.1. The molecule has 2 heteroatoms. The zero-order valence-electron chi connectivity index (χ0n) is 12.6. The van der Waals surface area contributed by atoms with Crippen molar-refractivity contribution in [3.8, 4) is 0 Å². The minimum absolute atomic E-state index is 0.0342. The molecule has 0 heterocycles. The molecule has 1 N–H and O–H groups in total. The van der Waals surface area contributed by atoms with Crippen LogP contribution in [-0.4, -0.2) is 30.1 Å². The highest BCUT2D eigenvalue weighted by Gasteiger charge is 2.33. The van der Waals surface area contributed by atoms with Crippen molar-refractivity contribution in [2.75, 3.05) is 20.1 Å². The van der Waals surface area contributed by atoms with Gasteiger partial charge in [-0.25, -0.2) is 0 Å².